The molecular formula is C9H13ClN2O. The molecule has 0 atom stereocenters. The lowest BCUT2D eigenvalue weighted by Gasteiger charge is -2.05. The van der Waals surface area contributed by atoms with Crippen molar-refractivity contribution >= 4 is 17.9 Å². The van der Waals surface area contributed by atoms with Crippen LogP contribution in [0.4, 0.5) is 0 Å². The molecule has 3 nitrogen and oxygen atoms in total. The van der Waals surface area contributed by atoms with Crippen LogP contribution in [0, 0.1) is 5.92 Å². The molecule has 0 bridgehead atoms. The van der Waals surface area contributed by atoms with Gasteiger partial charge in [0.25, 0.3) is 0 Å². The maximum Gasteiger partial charge on any atom is 0.161 e. The van der Waals surface area contributed by atoms with Gasteiger partial charge in [-0.2, -0.15) is 5.10 Å². The molecular weight excluding hydrogens is 188 g/mol. The highest BCUT2D eigenvalue weighted by Crippen LogP contribution is 2.19. The highest BCUT2D eigenvalue weighted by atomic mass is 35.5. The number of rotatable bonds is 3. The van der Waals surface area contributed by atoms with E-state index in [1.807, 2.05) is 0 Å². The molecule has 0 spiro atoms. The van der Waals surface area contributed by atoms with Crippen molar-refractivity contribution in [3.63, 3.8) is 0 Å². The second kappa shape index (κ2) is 3.92. The third-order valence-electron chi connectivity index (χ3n) is 1.88. The highest BCUT2D eigenvalue weighted by molar-refractivity contribution is 6.31. The predicted molar refractivity (Wildman–Crippen MR) is 52.1 cm³/mol. The third-order valence-corrected chi connectivity index (χ3v) is 2.16. The largest absolute Gasteiger partial charge is 0.298 e. The number of aromatic nitrogens is 2. The van der Waals surface area contributed by atoms with Crippen LogP contribution in [0.15, 0.2) is 0 Å². The fourth-order valence-electron chi connectivity index (χ4n) is 1.28. The minimum atomic E-state index is 0.299. The third kappa shape index (κ3) is 2.10. The molecule has 0 amide bonds. The summed E-state index contributed by atoms with van der Waals surface area (Å²) in [5.41, 5.74) is 1.44. The normalized spacial score (nSPS) is 10.8. The van der Waals surface area contributed by atoms with E-state index < -0.39 is 0 Å². The molecule has 1 rings (SSSR count). The molecule has 0 aliphatic carbocycles. The number of hydrogen-bond acceptors (Lipinski definition) is 2. The zero-order valence-electron chi connectivity index (χ0n) is 8.04. The number of carbonyl (C=O) groups excluding carboxylic acids is 1. The van der Waals surface area contributed by atoms with Gasteiger partial charge in [-0.1, -0.05) is 25.4 Å². The van der Waals surface area contributed by atoms with Crippen LogP contribution in [0.3, 0.4) is 0 Å². The second-order valence-corrected chi connectivity index (χ2v) is 3.85. The van der Waals surface area contributed by atoms with Gasteiger partial charge < -0.3 is 0 Å². The predicted octanol–water partition coefficient (Wildman–Crippen LogP) is 2.08. The molecule has 0 aliphatic rings. The van der Waals surface area contributed by atoms with Crippen LogP contribution in [0.1, 0.15) is 29.9 Å². The monoisotopic (exact) mass is 200 g/mol. The average Bonchev–Trinajstić information content (AvgIpc) is 2.26. The van der Waals surface area contributed by atoms with Crippen LogP contribution in [0.5, 0.6) is 0 Å². The summed E-state index contributed by atoms with van der Waals surface area (Å²) < 4.78 is 1.67. The maximum atomic E-state index is 10.7. The Morgan fingerprint density at radius 2 is 2.23 bits per heavy atom. The van der Waals surface area contributed by atoms with Crippen molar-refractivity contribution in [2.45, 2.75) is 20.3 Å². The first-order valence-electron chi connectivity index (χ1n) is 4.22. The number of carbonyl (C=O) groups is 1. The molecule has 0 saturated carbocycles. The van der Waals surface area contributed by atoms with Gasteiger partial charge in [0, 0.05) is 7.05 Å². The molecule has 0 aromatic carbocycles. The topological polar surface area (TPSA) is 34.9 Å². The van der Waals surface area contributed by atoms with Crippen molar-refractivity contribution in [1.82, 2.24) is 9.78 Å². The van der Waals surface area contributed by atoms with Crippen molar-refractivity contribution in [3.05, 3.63) is 16.4 Å². The first kappa shape index (κ1) is 10.3. The molecule has 0 saturated heterocycles. The van der Waals surface area contributed by atoms with Gasteiger partial charge in [-0.05, 0) is 12.3 Å². The Morgan fingerprint density at radius 1 is 1.62 bits per heavy atom. The van der Waals surface area contributed by atoms with Crippen molar-refractivity contribution in [1.29, 1.82) is 0 Å². The molecule has 1 aromatic rings. The Hall–Kier alpha value is -0.830. The van der Waals surface area contributed by atoms with Gasteiger partial charge in [-0.15, -0.1) is 0 Å². The molecule has 0 unspecified atom stereocenters. The standard InChI is InChI=1S/C9H13ClN2O/c1-6(2)4-8-7(5-13)9(10)11-12(8)3/h5-6H,4H2,1-3H3. The van der Waals surface area contributed by atoms with E-state index >= 15 is 0 Å². The van der Waals surface area contributed by atoms with Crippen molar-refractivity contribution in [3.8, 4) is 0 Å². The van der Waals surface area contributed by atoms with Gasteiger partial charge in [0.1, 0.15) is 0 Å². The zero-order valence-corrected chi connectivity index (χ0v) is 8.80. The van der Waals surface area contributed by atoms with E-state index in [0.717, 1.165) is 18.4 Å². The summed E-state index contributed by atoms with van der Waals surface area (Å²) in [6, 6.07) is 0. The lowest BCUT2D eigenvalue weighted by atomic mass is 10.1. The van der Waals surface area contributed by atoms with Gasteiger partial charge in [0.2, 0.25) is 0 Å². The number of aryl methyl sites for hydroxylation is 1. The van der Waals surface area contributed by atoms with Gasteiger partial charge in [0.15, 0.2) is 11.4 Å². The van der Waals surface area contributed by atoms with E-state index in [1.54, 1.807) is 11.7 Å². The van der Waals surface area contributed by atoms with E-state index in [2.05, 4.69) is 18.9 Å². The Kier molecular flexibility index (Phi) is 3.09. The van der Waals surface area contributed by atoms with Gasteiger partial charge in [0.05, 0.1) is 11.3 Å². The Balaban J connectivity index is 3.09. The minimum Gasteiger partial charge on any atom is -0.298 e. The lowest BCUT2D eigenvalue weighted by molar-refractivity contribution is 0.112. The maximum absolute atomic E-state index is 10.7. The van der Waals surface area contributed by atoms with E-state index in [-0.39, 0.29) is 0 Å². The van der Waals surface area contributed by atoms with Crippen LogP contribution in [0.25, 0.3) is 0 Å². The Bertz CT molecular complexity index is 318. The summed E-state index contributed by atoms with van der Waals surface area (Å²) in [6.07, 6.45) is 1.59. The highest BCUT2D eigenvalue weighted by Gasteiger charge is 2.14. The summed E-state index contributed by atoms with van der Waals surface area (Å²) in [7, 11) is 1.80. The number of hydrogen-bond donors (Lipinski definition) is 0. The fraction of sp³-hybridized carbons (Fsp3) is 0.556. The fourth-order valence-corrected chi connectivity index (χ4v) is 1.55. The lowest BCUT2D eigenvalue weighted by Crippen LogP contribution is -2.04. The van der Waals surface area contributed by atoms with Gasteiger partial charge in [-0.3, -0.25) is 9.48 Å². The molecule has 72 valence electrons. The van der Waals surface area contributed by atoms with Crippen LogP contribution in [-0.2, 0) is 13.5 Å². The summed E-state index contributed by atoms with van der Waals surface area (Å²) in [4.78, 5) is 10.7. The van der Waals surface area contributed by atoms with E-state index in [0.29, 0.717) is 16.6 Å². The van der Waals surface area contributed by atoms with Crippen LogP contribution >= 0.6 is 11.6 Å². The number of aldehydes is 1. The first-order valence-corrected chi connectivity index (χ1v) is 4.60. The molecule has 13 heavy (non-hydrogen) atoms. The average molecular weight is 201 g/mol. The van der Waals surface area contributed by atoms with Crippen LogP contribution < -0.4 is 0 Å². The quantitative estimate of drug-likeness (QED) is 0.701. The number of halogens is 1. The second-order valence-electron chi connectivity index (χ2n) is 3.49. The molecule has 1 heterocycles. The molecule has 0 radical (unpaired) electrons. The van der Waals surface area contributed by atoms with E-state index in [4.69, 9.17) is 11.6 Å². The van der Waals surface area contributed by atoms with Crippen molar-refractivity contribution in [2.75, 3.05) is 0 Å². The molecule has 0 aliphatic heterocycles. The number of nitrogens with zero attached hydrogens (tertiary/aromatic N) is 2. The van der Waals surface area contributed by atoms with Crippen LogP contribution in [-0.4, -0.2) is 16.1 Å². The van der Waals surface area contributed by atoms with Crippen LogP contribution in [0.2, 0.25) is 5.15 Å². The zero-order chi connectivity index (χ0) is 10.0. The van der Waals surface area contributed by atoms with Gasteiger partial charge in [-0.25, -0.2) is 0 Å². The summed E-state index contributed by atoms with van der Waals surface area (Å²) in [6.45, 7) is 4.19. The van der Waals surface area contributed by atoms with E-state index in [9.17, 15) is 4.79 Å². The summed E-state index contributed by atoms with van der Waals surface area (Å²) in [5.74, 6) is 0.491. The Morgan fingerprint density at radius 3 is 2.69 bits per heavy atom. The summed E-state index contributed by atoms with van der Waals surface area (Å²) in [5, 5.41) is 4.28. The van der Waals surface area contributed by atoms with Crippen molar-refractivity contribution in [2.24, 2.45) is 13.0 Å². The van der Waals surface area contributed by atoms with Gasteiger partial charge >= 0.3 is 0 Å². The van der Waals surface area contributed by atoms with E-state index in [1.165, 1.54) is 0 Å². The minimum absolute atomic E-state index is 0.299. The first-order chi connectivity index (χ1) is 6.06. The molecule has 4 heteroatoms. The molecule has 0 N–H and O–H groups in total. The molecule has 0 fully saturated rings. The Labute approximate surface area is 82.7 Å². The van der Waals surface area contributed by atoms with Crippen molar-refractivity contribution < 1.29 is 4.79 Å². The summed E-state index contributed by atoms with van der Waals surface area (Å²) >= 11 is 5.77. The smallest absolute Gasteiger partial charge is 0.161 e. The molecule has 1 aromatic heterocycles. The SMILES string of the molecule is CC(C)Cc1c(C=O)c(Cl)nn1C.